The molecule has 0 aromatic rings. The van der Waals surface area contributed by atoms with Gasteiger partial charge in [-0.3, -0.25) is 0 Å². The Morgan fingerprint density at radius 2 is 1.67 bits per heavy atom. The number of hydrogen-bond donors (Lipinski definition) is 1. The largest absolute Gasteiger partial charge is 1.00 e. The van der Waals surface area contributed by atoms with Crippen molar-refractivity contribution in [3.8, 4) is 0 Å². The summed E-state index contributed by atoms with van der Waals surface area (Å²) in [5.74, 6) is 0. The van der Waals surface area contributed by atoms with Gasteiger partial charge in [0.1, 0.15) is 6.04 Å². The van der Waals surface area contributed by atoms with Crippen molar-refractivity contribution in [3.63, 3.8) is 0 Å². The van der Waals surface area contributed by atoms with E-state index in [1.165, 1.54) is 49.8 Å². The summed E-state index contributed by atoms with van der Waals surface area (Å²) in [6.07, 6.45) is 5.37. The van der Waals surface area contributed by atoms with Gasteiger partial charge < -0.3 is 26.6 Å². The molecule has 0 radical (unpaired) electrons. The Hall–Kier alpha value is 0.400. The second-order valence-electron chi connectivity index (χ2n) is 4.08. The molecule has 2 rings (SSSR count). The first-order valence-electron chi connectivity index (χ1n) is 4.84. The van der Waals surface area contributed by atoms with Crippen molar-refractivity contribution in [1.29, 1.82) is 0 Å². The molecule has 0 aromatic heterocycles. The average molecular weight is 236 g/mol. The van der Waals surface area contributed by atoms with Crippen molar-refractivity contribution in [3.05, 3.63) is 0 Å². The molecule has 2 saturated heterocycles. The van der Waals surface area contributed by atoms with Gasteiger partial charge in [0.15, 0.2) is 0 Å². The van der Waals surface area contributed by atoms with E-state index < -0.39 is 0 Å². The highest BCUT2D eigenvalue weighted by Crippen LogP contribution is 2.31. The normalized spacial score (nSPS) is 32.2. The van der Waals surface area contributed by atoms with Crippen molar-refractivity contribution in [2.24, 2.45) is 0 Å². The molecule has 0 saturated carbocycles. The Balaban J connectivity index is 0.000000720. The molecule has 2 aliphatic heterocycles. The maximum Gasteiger partial charge on any atom is 0.113 e. The highest BCUT2D eigenvalue weighted by molar-refractivity contribution is 4.70. The molecule has 1 spiro atoms. The number of nitrogens with zero attached hydrogens (tertiary/aromatic N) is 1. The lowest BCUT2D eigenvalue weighted by molar-refractivity contribution is -0.928. The highest BCUT2D eigenvalue weighted by atomic mass is 79.9. The fourth-order valence-electron chi connectivity index (χ4n) is 2.92. The number of quaternary nitrogens is 1. The molecular formula is C9H18BrNO. The summed E-state index contributed by atoms with van der Waals surface area (Å²) in [4.78, 5) is 0. The number of aliphatic hydroxyl groups is 1. The molecule has 0 amide bonds. The molecule has 0 aliphatic carbocycles. The van der Waals surface area contributed by atoms with E-state index in [1.807, 2.05) is 0 Å². The quantitative estimate of drug-likeness (QED) is 0.510. The first kappa shape index (κ1) is 10.5. The van der Waals surface area contributed by atoms with Crippen LogP contribution in [0, 0.1) is 0 Å². The predicted molar refractivity (Wildman–Crippen MR) is 44.2 cm³/mol. The van der Waals surface area contributed by atoms with Crippen molar-refractivity contribution >= 4 is 0 Å². The molecule has 2 fully saturated rings. The molecule has 2 nitrogen and oxygen atoms in total. The second-order valence-corrected chi connectivity index (χ2v) is 4.08. The molecule has 72 valence electrons. The van der Waals surface area contributed by atoms with Gasteiger partial charge in [-0.25, -0.2) is 0 Å². The zero-order chi connectivity index (χ0) is 7.73. The maximum atomic E-state index is 9.18. The molecule has 2 heterocycles. The number of hydrogen-bond acceptors (Lipinski definition) is 1. The van der Waals surface area contributed by atoms with Crippen LogP contribution in [0.15, 0.2) is 0 Å². The maximum absolute atomic E-state index is 9.18. The highest BCUT2D eigenvalue weighted by Gasteiger charge is 2.43. The van der Waals surface area contributed by atoms with Crippen LogP contribution >= 0.6 is 0 Å². The van der Waals surface area contributed by atoms with Gasteiger partial charge in [0.05, 0.1) is 26.2 Å². The van der Waals surface area contributed by atoms with Crippen LogP contribution in [0.25, 0.3) is 0 Å². The molecule has 0 unspecified atom stereocenters. The summed E-state index contributed by atoms with van der Waals surface area (Å²) in [6.45, 7) is 4.43. The SMILES string of the molecule is OC[C@@H]1CCC[N+]12CCCC2.[Br-]. The molecule has 1 N–H and O–H groups in total. The molecule has 12 heavy (non-hydrogen) atoms. The molecule has 2 aliphatic rings. The van der Waals surface area contributed by atoms with E-state index in [9.17, 15) is 5.11 Å². The summed E-state index contributed by atoms with van der Waals surface area (Å²) in [6, 6.07) is 0.595. The van der Waals surface area contributed by atoms with Gasteiger partial charge in [0.2, 0.25) is 0 Å². The first-order valence-corrected chi connectivity index (χ1v) is 4.84. The van der Waals surface area contributed by atoms with Crippen LogP contribution in [0.2, 0.25) is 0 Å². The van der Waals surface area contributed by atoms with Crippen molar-refractivity contribution in [2.75, 3.05) is 26.2 Å². The van der Waals surface area contributed by atoms with Crippen LogP contribution in [0.3, 0.4) is 0 Å². The van der Waals surface area contributed by atoms with Gasteiger partial charge in [-0.2, -0.15) is 0 Å². The van der Waals surface area contributed by atoms with Crippen molar-refractivity contribution < 1.29 is 26.6 Å². The third-order valence-electron chi connectivity index (χ3n) is 3.58. The molecule has 0 bridgehead atoms. The topological polar surface area (TPSA) is 20.2 Å². The molecule has 1 atom stereocenters. The van der Waals surface area contributed by atoms with E-state index in [2.05, 4.69) is 0 Å². The standard InChI is InChI=1S/C9H18NO.BrH/c11-8-9-4-3-7-10(9)5-1-2-6-10;/h9,11H,1-8H2;1H/q+1;/p-1/t9-;/m0./s1. The average Bonchev–Trinajstić information content (AvgIpc) is 2.62. The summed E-state index contributed by atoms with van der Waals surface area (Å²) < 4.78 is 1.26. The van der Waals surface area contributed by atoms with Gasteiger partial charge >= 0.3 is 0 Å². The van der Waals surface area contributed by atoms with E-state index >= 15 is 0 Å². The van der Waals surface area contributed by atoms with Crippen LogP contribution < -0.4 is 17.0 Å². The minimum absolute atomic E-state index is 0. The Bertz CT molecular complexity index is 140. The zero-order valence-corrected chi connectivity index (χ0v) is 9.09. The van der Waals surface area contributed by atoms with E-state index in [0.717, 1.165) is 0 Å². The smallest absolute Gasteiger partial charge is 0.113 e. The number of aliphatic hydroxyl groups excluding tert-OH is 1. The minimum atomic E-state index is 0. The minimum Gasteiger partial charge on any atom is -1.00 e. The van der Waals surface area contributed by atoms with E-state index in [4.69, 9.17) is 0 Å². The van der Waals surface area contributed by atoms with Crippen LogP contribution in [0.4, 0.5) is 0 Å². The van der Waals surface area contributed by atoms with Crippen LogP contribution in [0.5, 0.6) is 0 Å². The number of halogens is 1. The van der Waals surface area contributed by atoms with Gasteiger partial charge in [-0.1, -0.05) is 0 Å². The molecule has 3 heteroatoms. The van der Waals surface area contributed by atoms with Crippen molar-refractivity contribution in [2.45, 2.75) is 31.7 Å². The third kappa shape index (κ3) is 1.54. The predicted octanol–water partition coefficient (Wildman–Crippen LogP) is -2.24. The second kappa shape index (κ2) is 4.07. The van der Waals surface area contributed by atoms with E-state index in [0.29, 0.717) is 12.6 Å². The Labute approximate surface area is 84.9 Å². The lowest BCUT2D eigenvalue weighted by Crippen LogP contribution is -3.00. The van der Waals surface area contributed by atoms with E-state index in [1.54, 1.807) is 0 Å². The summed E-state index contributed by atoms with van der Waals surface area (Å²) in [7, 11) is 0. The summed E-state index contributed by atoms with van der Waals surface area (Å²) in [5.41, 5.74) is 0. The van der Waals surface area contributed by atoms with Crippen molar-refractivity contribution in [1.82, 2.24) is 0 Å². The molecular weight excluding hydrogens is 218 g/mol. The van der Waals surface area contributed by atoms with E-state index in [-0.39, 0.29) is 17.0 Å². The third-order valence-corrected chi connectivity index (χ3v) is 3.58. The fraction of sp³-hybridized carbons (Fsp3) is 1.00. The van der Waals surface area contributed by atoms with Crippen LogP contribution in [-0.2, 0) is 0 Å². The van der Waals surface area contributed by atoms with Gasteiger partial charge in [-0.05, 0) is 0 Å². The molecule has 0 aromatic carbocycles. The van der Waals surface area contributed by atoms with Crippen LogP contribution in [-0.4, -0.2) is 41.9 Å². The Morgan fingerprint density at radius 3 is 2.25 bits per heavy atom. The van der Waals surface area contributed by atoms with Gasteiger partial charge in [-0.15, -0.1) is 0 Å². The summed E-state index contributed by atoms with van der Waals surface area (Å²) in [5, 5.41) is 9.18. The zero-order valence-electron chi connectivity index (χ0n) is 7.51. The lowest BCUT2D eigenvalue weighted by Gasteiger charge is -2.34. The fourth-order valence-corrected chi connectivity index (χ4v) is 2.92. The Morgan fingerprint density at radius 1 is 1.08 bits per heavy atom. The summed E-state index contributed by atoms with van der Waals surface area (Å²) >= 11 is 0. The van der Waals surface area contributed by atoms with Crippen LogP contribution in [0.1, 0.15) is 25.7 Å². The Kier molecular flexibility index (Phi) is 3.56. The lowest BCUT2D eigenvalue weighted by atomic mass is 10.2. The number of rotatable bonds is 1. The van der Waals surface area contributed by atoms with Gasteiger partial charge in [0, 0.05) is 25.7 Å². The van der Waals surface area contributed by atoms with Gasteiger partial charge in [0.25, 0.3) is 0 Å². The monoisotopic (exact) mass is 235 g/mol. The first-order chi connectivity index (χ1) is 5.37.